The number of hydrazone groups is 1. The van der Waals surface area contributed by atoms with Crippen LogP contribution in [0.25, 0.3) is 10.2 Å². The second-order valence-electron chi connectivity index (χ2n) is 6.00. The van der Waals surface area contributed by atoms with E-state index >= 15 is 0 Å². The third kappa shape index (κ3) is 4.19. The smallest absolute Gasteiger partial charge is 0.264 e. The Hall–Kier alpha value is -2.66. The third-order valence-electron chi connectivity index (χ3n) is 4.03. The monoisotopic (exact) mass is 402 g/mol. The average Bonchev–Trinajstić information content (AvgIpc) is 3.38. The molecule has 27 heavy (non-hydrogen) atoms. The van der Waals surface area contributed by atoms with E-state index in [2.05, 4.69) is 31.0 Å². The summed E-state index contributed by atoms with van der Waals surface area (Å²) in [7, 11) is 0. The molecule has 11 heteroatoms. The summed E-state index contributed by atoms with van der Waals surface area (Å²) in [6.45, 7) is 0. The van der Waals surface area contributed by atoms with Crippen molar-refractivity contribution in [2.45, 2.75) is 30.8 Å². The maximum Gasteiger partial charge on any atom is 0.264 e. The van der Waals surface area contributed by atoms with Crippen molar-refractivity contribution in [3.05, 3.63) is 24.3 Å². The highest BCUT2D eigenvalue weighted by Crippen LogP contribution is 2.26. The highest BCUT2D eigenvalue weighted by molar-refractivity contribution is 7.99. The Morgan fingerprint density at radius 2 is 2.11 bits per heavy atom. The number of nitrogens with one attached hydrogen (secondary N) is 2. The van der Waals surface area contributed by atoms with E-state index in [1.54, 1.807) is 0 Å². The topological polar surface area (TPSA) is 123 Å². The van der Waals surface area contributed by atoms with Gasteiger partial charge in [-0.3, -0.25) is 4.79 Å². The molecule has 0 atom stereocenters. The largest absolute Gasteiger partial charge is 0.334 e. The number of nitrogens with zero attached hydrogens (tertiary/aromatic N) is 5. The minimum Gasteiger partial charge on any atom is -0.334 e. The second kappa shape index (κ2) is 7.92. The molecule has 2 heterocycles. The fourth-order valence-corrected chi connectivity index (χ4v) is 4.23. The maximum absolute atomic E-state index is 12.2. The molecule has 3 aromatic rings. The van der Waals surface area contributed by atoms with E-state index in [0.29, 0.717) is 16.2 Å². The summed E-state index contributed by atoms with van der Waals surface area (Å²) in [5.74, 6) is 6.30. The second-order valence-corrected chi connectivity index (χ2v) is 7.97. The summed E-state index contributed by atoms with van der Waals surface area (Å²) in [5.41, 5.74) is 4.83. The van der Waals surface area contributed by atoms with E-state index < -0.39 is 0 Å². The van der Waals surface area contributed by atoms with E-state index in [9.17, 15) is 4.79 Å². The lowest BCUT2D eigenvalue weighted by atomic mass is 10.3. The van der Waals surface area contributed by atoms with Gasteiger partial charge < -0.3 is 11.2 Å². The van der Waals surface area contributed by atoms with Gasteiger partial charge in [0, 0.05) is 5.71 Å². The van der Waals surface area contributed by atoms with Crippen molar-refractivity contribution in [1.82, 2.24) is 19.9 Å². The number of amides is 1. The zero-order chi connectivity index (χ0) is 18.6. The Balaban J connectivity index is 1.32. The molecule has 0 aliphatic heterocycles. The lowest BCUT2D eigenvalue weighted by Crippen LogP contribution is -2.17. The molecule has 4 rings (SSSR count). The standard InChI is InChI=1S/C16H18N8OS2/c17-24-14(21-20-10-5-1-2-6-10)22-23-16(24)26-9-13(25)19-15-18-11-7-3-4-8-12(11)27-15/h3-4,7-8H,1-2,5-6,9,17H2,(H,21,22)(H,18,19,25). The Bertz CT molecular complexity index is 954. The van der Waals surface area contributed by atoms with Crippen molar-refractivity contribution in [3.8, 4) is 0 Å². The van der Waals surface area contributed by atoms with E-state index in [-0.39, 0.29) is 11.7 Å². The van der Waals surface area contributed by atoms with Gasteiger partial charge in [-0.1, -0.05) is 35.2 Å². The number of hydrogen-bond acceptors (Lipinski definition) is 9. The number of aromatic nitrogens is 4. The van der Waals surface area contributed by atoms with Crippen LogP contribution in [0.5, 0.6) is 0 Å². The number of rotatable bonds is 6. The van der Waals surface area contributed by atoms with Gasteiger partial charge in [0.25, 0.3) is 5.95 Å². The van der Waals surface area contributed by atoms with Crippen LogP contribution in [-0.4, -0.2) is 37.2 Å². The number of fused-ring (bicyclic) bond motifs is 1. The lowest BCUT2D eigenvalue weighted by Gasteiger charge is -2.03. The molecular weight excluding hydrogens is 384 g/mol. The summed E-state index contributed by atoms with van der Waals surface area (Å²) < 4.78 is 2.33. The first kappa shape index (κ1) is 17.7. The molecule has 1 aromatic carbocycles. The predicted octanol–water partition coefficient (Wildman–Crippen LogP) is 2.67. The summed E-state index contributed by atoms with van der Waals surface area (Å²) in [5, 5.41) is 16.1. The van der Waals surface area contributed by atoms with Gasteiger partial charge in [0.05, 0.1) is 16.0 Å². The normalized spacial score (nSPS) is 13.9. The van der Waals surface area contributed by atoms with Crippen LogP contribution in [-0.2, 0) is 4.79 Å². The van der Waals surface area contributed by atoms with Gasteiger partial charge in [-0.05, 0) is 37.8 Å². The number of nitrogen functional groups attached to an aromatic ring is 1. The van der Waals surface area contributed by atoms with Gasteiger partial charge in [0.1, 0.15) is 0 Å². The molecular formula is C16H18N8OS2. The van der Waals surface area contributed by atoms with E-state index in [1.165, 1.54) is 40.6 Å². The first-order valence-corrected chi connectivity index (χ1v) is 10.3. The number of carbonyl (C=O) groups is 1. The van der Waals surface area contributed by atoms with Crippen molar-refractivity contribution in [1.29, 1.82) is 0 Å². The number of para-hydroxylation sites is 1. The molecule has 0 radical (unpaired) electrons. The highest BCUT2D eigenvalue weighted by atomic mass is 32.2. The van der Waals surface area contributed by atoms with Crippen LogP contribution < -0.4 is 16.6 Å². The molecule has 1 saturated carbocycles. The molecule has 1 aliphatic carbocycles. The van der Waals surface area contributed by atoms with E-state index in [1.807, 2.05) is 24.3 Å². The maximum atomic E-state index is 12.2. The van der Waals surface area contributed by atoms with Crippen LogP contribution in [0, 0.1) is 0 Å². The summed E-state index contributed by atoms with van der Waals surface area (Å²) in [6.07, 6.45) is 4.33. The van der Waals surface area contributed by atoms with Gasteiger partial charge in [-0.2, -0.15) is 5.10 Å². The fourth-order valence-electron chi connectivity index (χ4n) is 2.69. The van der Waals surface area contributed by atoms with E-state index in [0.717, 1.165) is 28.8 Å². The Morgan fingerprint density at radius 3 is 2.93 bits per heavy atom. The quantitative estimate of drug-likeness (QED) is 0.329. The molecule has 1 aliphatic rings. The Kier molecular flexibility index (Phi) is 5.21. The minimum atomic E-state index is -0.178. The molecule has 0 bridgehead atoms. The van der Waals surface area contributed by atoms with Crippen molar-refractivity contribution < 1.29 is 4.79 Å². The van der Waals surface area contributed by atoms with Crippen molar-refractivity contribution in [3.63, 3.8) is 0 Å². The molecule has 0 saturated heterocycles. The number of thiazole rings is 1. The zero-order valence-corrected chi connectivity index (χ0v) is 16.0. The molecule has 9 nitrogen and oxygen atoms in total. The molecule has 0 spiro atoms. The zero-order valence-electron chi connectivity index (χ0n) is 14.4. The summed E-state index contributed by atoms with van der Waals surface area (Å²) in [4.78, 5) is 16.6. The molecule has 0 unspecified atom stereocenters. The van der Waals surface area contributed by atoms with Gasteiger partial charge in [0.2, 0.25) is 11.1 Å². The average molecular weight is 403 g/mol. The molecule has 140 valence electrons. The number of hydrogen-bond donors (Lipinski definition) is 3. The third-order valence-corrected chi connectivity index (χ3v) is 5.93. The van der Waals surface area contributed by atoms with Gasteiger partial charge >= 0.3 is 0 Å². The van der Waals surface area contributed by atoms with Crippen LogP contribution in [0.15, 0.2) is 34.5 Å². The Morgan fingerprint density at radius 1 is 1.30 bits per heavy atom. The molecule has 1 fully saturated rings. The lowest BCUT2D eigenvalue weighted by molar-refractivity contribution is -0.113. The number of nitrogens with two attached hydrogens (primary N) is 1. The first-order valence-electron chi connectivity index (χ1n) is 8.49. The number of benzene rings is 1. The first-order chi connectivity index (χ1) is 13.2. The van der Waals surface area contributed by atoms with Crippen molar-refractivity contribution in [2.75, 3.05) is 22.3 Å². The summed E-state index contributed by atoms with van der Waals surface area (Å²) in [6, 6.07) is 7.74. The van der Waals surface area contributed by atoms with Gasteiger partial charge in [0.15, 0.2) is 5.13 Å². The van der Waals surface area contributed by atoms with Crippen molar-refractivity contribution in [2.24, 2.45) is 5.10 Å². The molecule has 1 amide bonds. The van der Waals surface area contributed by atoms with Gasteiger partial charge in [-0.25, -0.2) is 15.1 Å². The predicted molar refractivity (Wildman–Crippen MR) is 109 cm³/mol. The number of thioether (sulfide) groups is 1. The Labute approximate surface area is 163 Å². The molecule has 4 N–H and O–H groups in total. The van der Waals surface area contributed by atoms with Gasteiger partial charge in [-0.15, -0.1) is 10.2 Å². The van der Waals surface area contributed by atoms with Crippen LogP contribution in [0.1, 0.15) is 25.7 Å². The number of carbonyl (C=O) groups excluding carboxylic acids is 1. The highest BCUT2D eigenvalue weighted by Gasteiger charge is 2.14. The number of anilines is 2. The SMILES string of the molecule is Nn1c(NN=C2CCCC2)nnc1SCC(=O)Nc1nc2ccccc2s1. The van der Waals surface area contributed by atoms with E-state index in [4.69, 9.17) is 5.84 Å². The van der Waals surface area contributed by atoms with Crippen LogP contribution in [0.4, 0.5) is 11.1 Å². The van der Waals surface area contributed by atoms with Crippen LogP contribution in [0.3, 0.4) is 0 Å². The van der Waals surface area contributed by atoms with Crippen molar-refractivity contribution >= 4 is 56.0 Å². The summed E-state index contributed by atoms with van der Waals surface area (Å²) >= 11 is 2.64. The fraction of sp³-hybridized carbons (Fsp3) is 0.312. The van der Waals surface area contributed by atoms with Crippen LogP contribution in [0.2, 0.25) is 0 Å². The van der Waals surface area contributed by atoms with Crippen LogP contribution >= 0.6 is 23.1 Å². The minimum absolute atomic E-state index is 0.153. The molecule has 2 aromatic heterocycles.